The van der Waals surface area contributed by atoms with E-state index in [4.69, 9.17) is 9.15 Å². The number of para-hydroxylation sites is 1. The summed E-state index contributed by atoms with van der Waals surface area (Å²) in [5.41, 5.74) is 1.18. The highest BCUT2D eigenvalue weighted by Gasteiger charge is 2.16. The zero-order valence-electron chi connectivity index (χ0n) is 14.4. The average Bonchev–Trinajstić information content (AvgIpc) is 3.26. The Hall–Kier alpha value is -2.50. The monoisotopic (exact) mass is 340 g/mol. The number of furan rings is 1. The zero-order chi connectivity index (χ0) is 17.5. The number of nitrogens with zero attached hydrogens (tertiary/aromatic N) is 2. The summed E-state index contributed by atoms with van der Waals surface area (Å²) in [5, 5.41) is 10.4. The first-order chi connectivity index (χ1) is 12.2. The lowest BCUT2D eigenvalue weighted by Crippen LogP contribution is -2.35. The third kappa shape index (κ3) is 5.24. The highest BCUT2D eigenvalue weighted by Crippen LogP contribution is 2.13. The van der Waals surface area contributed by atoms with Gasteiger partial charge in [0.25, 0.3) is 0 Å². The van der Waals surface area contributed by atoms with E-state index in [1.807, 2.05) is 61.8 Å². The summed E-state index contributed by atoms with van der Waals surface area (Å²) < 4.78 is 13.2. The minimum Gasteiger partial charge on any atom is -0.491 e. The number of aliphatic hydroxyl groups is 1. The van der Waals surface area contributed by atoms with Crippen LogP contribution in [-0.2, 0) is 20.1 Å². The van der Waals surface area contributed by atoms with Crippen LogP contribution in [0.3, 0.4) is 0 Å². The molecule has 5 nitrogen and oxygen atoms in total. The van der Waals surface area contributed by atoms with Crippen molar-refractivity contribution in [2.75, 3.05) is 13.2 Å². The fraction of sp³-hybridized carbons (Fsp3) is 0.300. The van der Waals surface area contributed by atoms with E-state index in [0.717, 1.165) is 18.1 Å². The summed E-state index contributed by atoms with van der Waals surface area (Å²) in [4.78, 5) is 2.16. The molecular weight excluding hydrogens is 316 g/mol. The van der Waals surface area contributed by atoms with Crippen LogP contribution in [0.5, 0.6) is 5.75 Å². The van der Waals surface area contributed by atoms with E-state index >= 15 is 0 Å². The number of benzene rings is 1. The number of rotatable bonds is 9. The van der Waals surface area contributed by atoms with Crippen LogP contribution in [-0.4, -0.2) is 33.8 Å². The van der Waals surface area contributed by atoms with E-state index in [9.17, 15) is 5.11 Å². The highest BCUT2D eigenvalue weighted by molar-refractivity contribution is 5.20. The predicted molar refractivity (Wildman–Crippen MR) is 96.2 cm³/mol. The summed E-state index contributed by atoms with van der Waals surface area (Å²) in [7, 11) is 2.02. The molecule has 5 heteroatoms. The van der Waals surface area contributed by atoms with E-state index in [1.165, 1.54) is 5.69 Å². The third-order valence-corrected chi connectivity index (χ3v) is 4.05. The molecule has 0 radical (unpaired) electrons. The van der Waals surface area contributed by atoms with Gasteiger partial charge in [-0.3, -0.25) is 4.90 Å². The van der Waals surface area contributed by atoms with Gasteiger partial charge in [-0.05, 0) is 36.4 Å². The summed E-state index contributed by atoms with van der Waals surface area (Å²) in [5.74, 6) is 1.65. The smallest absolute Gasteiger partial charge is 0.119 e. The SMILES string of the molecule is Cn1cccc1CN(Cc1ccco1)CC(O)COc1ccccc1. The molecule has 0 bridgehead atoms. The van der Waals surface area contributed by atoms with Gasteiger partial charge in [0.05, 0.1) is 12.8 Å². The standard InChI is InChI=1S/C20H24N2O3/c1-21-11-5-7-17(21)13-22(15-20-10-6-12-24-20)14-18(23)16-25-19-8-3-2-4-9-19/h2-12,18,23H,13-16H2,1H3. The van der Waals surface area contributed by atoms with Crippen LogP contribution in [0.1, 0.15) is 11.5 Å². The van der Waals surface area contributed by atoms with Crippen molar-refractivity contribution in [1.82, 2.24) is 9.47 Å². The Bertz CT molecular complexity index is 737. The summed E-state index contributed by atoms with van der Waals surface area (Å²) in [6, 6.07) is 17.5. The van der Waals surface area contributed by atoms with Crippen molar-refractivity contribution in [3.05, 3.63) is 78.5 Å². The summed E-state index contributed by atoms with van der Waals surface area (Å²) in [6.07, 6.45) is 3.11. The number of aliphatic hydroxyl groups excluding tert-OH is 1. The van der Waals surface area contributed by atoms with Gasteiger partial charge < -0.3 is 18.8 Å². The molecule has 2 heterocycles. The van der Waals surface area contributed by atoms with Gasteiger partial charge in [0.15, 0.2) is 0 Å². The van der Waals surface area contributed by atoms with Crippen molar-refractivity contribution >= 4 is 0 Å². The Labute approximate surface area is 148 Å². The minimum absolute atomic E-state index is 0.256. The van der Waals surface area contributed by atoms with Gasteiger partial charge in [-0.2, -0.15) is 0 Å². The molecule has 25 heavy (non-hydrogen) atoms. The molecule has 0 saturated carbocycles. The van der Waals surface area contributed by atoms with Gasteiger partial charge in [0.1, 0.15) is 24.2 Å². The van der Waals surface area contributed by atoms with Gasteiger partial charge in [-0.15, -0.1) is 0 Å². The first-order valence-electron chi connectivity index (χ1n) is 8.41. The van der Waals surface area contributed by atoms with E-state index < -0.39 is 6.10 Å². The maximum absolute atomic E-state index is 10.4. The van der Waals surface area contributed by atoms with Gasteiger partial charge >= 0.3 is 0 Å². The Morgan fingerprint density at radius 1 is 1.08 bits per heavy atom. The number of aromatic nitrogens is 1. The van der Waals surface area contributed by atoms with Crippen molar-refractivity contribution in [2.24, 2.45) is 7.05 Å². The van der Waals surface area contributed by atoms with E-state index in [1.54, 1.807) is 6.26 Å². The molecule has 1 unspecified atom stereocenters. The number of ether oxygens (including phenoxy) is 1. The fourth-order valence-electron chi connectivity index (χ4n) is 2.76. The predicted octanol–water partition coefficient (Wildman–Crippen LogP) is 3.06. The first kappa shape index (κ1) is 17.3. The molecule has 1 N–H and O–H groups in total. The maximum atomic E-state index is 10.4. The summed E-state index contributed by atoms with van der Waals surface area (Å²) >= 11 is 0. The Kier molecular flexibility index (Phi) is 5.93. The molecule has 0 amide bonds. The lowest BCUT2D eigenvalue weighted by atomic mass is 10.2. The minimum atomic E-state index is -0.588. The molecule has 0 aliphatic heterocycles. The first-order valence-corrected chi connectivity index (χ1v) is 8.41. The quantitative estimate of drug-likeness (QED) is 0.650. The van der Waals surface area contributed by atoms with E-state index in [0.29, 0.717) is 13.1 Å². The van der Waals surface area contributed by atoms with Gasteiger partial charge in [0, 0.05) is 32.0 Å². The van der Waals surface area contributed by atoms with Crippen LogP contribution in [0.4, 0.5) is 0 Å². The van der Waals surface area contributed by atoms with Crippen LogP contribution in [0.2, 0.25) is 0 Å². The molecule has 0 aliphatic carbocycles. The number of aryl methyl sites for hydroxylation is 1. The van der Waals surface area contributed by atoms with Gasteiger partial charge in [-0.1, -0.05) is 18.2 Å². The topological polar surface area (TPSA) is 50.8 Å². The van der Waals surface area contributed by atoms with Crippen LogP contribution in [0, 0.1) is 0 Å². The van der Waals surface area contributed by atoms with Gasteiger partial charge in [-0.25, -0.2) is 0 Å². The Morgan fingerprint density at radius 2 is 1.92 bits per heavy atom. The van der Waals surface area contributed by atoms with E-state index in [2.05, 4.69) is 15.5 Å². The second-order valence-electron chi connectivity index (χ2n) is 6.14. The molecule has 3 aromatic rings. The Balaban J connectivity index is 1.59. The average molecular weight is 340 g/mol. The maximum Gasteiger partial charge on any atom is 0.119 e. The molecule has 2 aromatic heterocycles. The molecule has 0 aliphatic rings. The third-order valence-electron chi connectivity index (χ3n) is 4.05. The van der Waals surface area contributed by atoms with Crippen molar-refractivity contribution in [3.63, 3.8) is 0 Å². The van der Waals surface area contributed by atoms with Gasteiger partial charge in [0.2, 0.25) is 0 Å². The van der Waals surface area contributed by atoms with Crippen LogP contribution in [0.15, 0.2) is 71.5 Å². The normalized spacial score (nSPS) is 12.4. The summed E-state index contributed by atoms with van der Waals surface area (Å²) in [6.45, 7) is 2.12. The molecule has 1 atom stereocenters. The molecule has 132 valence electrons. The second kappa shape index (κ2) is 8.55. The lowest BCUT2D eigenvalue weighted by molar-refractivity contribution is 0.0597. The van der Waals surface area contributed by atoms with Crippen LogP contribution in [0.25, 0.3) is 0 Å². The number of hydrogen-bond acceptors (Lipinski definition) is 4. The van der Waals surface area contributed by atoms with Crippen molar-refractivity contribution < 1.29 is 14.3 Å². The zero-order valence-corrected chi connectivity index (χ0v) is 14.4. The van der Waals surface area contributed by atoms with Crippen molar-refractivity contribution in [3.8, 4) is 5.75 Å². The molecule has 0 saturated heterocycles. The van der Waals surface area contributed by atoms with Crippen molar-refractivity contribution in [1.29, 1.82) is 0 Å². The second-order valence-corrected chi connectivity index (χ2v) is 6.14. The van der Waals surface area contributed by atoms with Crippen LogP contribution < -0.4 is 4.74 Å². The van der Waals surface area contributed by atoms with E-state index in [-0.39, 0.29) is 6.61 Å². The molecule has 1 aromatic carbocycles. The highest BCUT2D eigenvalue weighted by atomic mass is 16.5. The molecule has 0 fully saturated rings. The largest absolute Gasteiger partial charge is 0.491 e. The van der Waals surface area contributed by atoms with Crippen molar-refractivity contribution in [2.45, 2.75) is 19.2 Å². The fourth-order valence-corrected chi connectivity index (χ4v) is 2.76. The Morgan fingerprint density at radius 3 is 2.60 bits per heavy atom. The molecule has 3 rings (SSSR count). The molecule has 0 spiro atoms. The molecular formula is C20H24N2O3. The number of hydrogen-bond donors (Lipinski definition) is 1. The van der Waals surface area contributed by atoms with Crippen LogP contribution >= 0.6 is 0 Å². The lowest BCUT2D eigenvalue weighted by Gasteiger charge is -2.24.